The van der Waals surface area contributed by atoms with Crippen LogP contribution in [0.1, 0.15) is 22.9 Å². The van der Waals surface area contributed by atoms with E-state index in [0.29, 0.717) is 17.7 Å². The third-order valence-corrected chi connectivity index (χ3v) is 7.54. The van der Waals surface area contributed by atoms with E-state index >= 15 is 0 Å². The maximum absolute atomic E-state index is 14.8. The van der Waals surface area contributed by atoms with Crippen molar-refractivity contribution in [2.75, 3.05) is 37.7 Å². The van der Waals surface area contributed by atoms with Gasteiger partial charge in [-0.1, -0.05) is 6.07 Å². The molecule has 2 amide bonds. The maximum Gasteiger partial charge on any atom is 0.280 e. The highest BCUT2D eigenvalue weighted by molar-refractivity contribution is 8.32. The van der Waals surface area contributed by atoms with Crippen molar-refractivity contribution in [2.45, 2.75) is 23.8 Å². The van der Waals surface area contributed by atoms with Crippen LogP contribution < -0.4 is 15.6 Å². The number of halogens is 2. The Morgan fingerprint density at radius 2 is 1.86 bits per heavy atom. The Hall–Kier alpha value is -3.60. The van der Waals surface area contributed by atoms with Gasteiger partial charge in [0.25, 0.3) is 11.5 Å². The Morgan fingerprint density at radius 1 is 1.17 bits per heavy atom. The standard InChI is InChI=1S/C25H27F2N3O5S/c1-34-16-5-6-18-14(9-16)7-8-30(22(32)13-17-12-21(31)29-35-17)23(18)25(33)28-15-10-19(26)24(20(27)11-15)36(2,3)4/h5-6,9-12,23H,7-8,13H2,1-4H3,(H,28,33)(H,29,31)/t23-/m1/s1. The van der Waals surface area contributed by atoms with Crippen LogP contribution >= 0.6 is 10.0 Å². The molecule has 1 aromatic heterocycles. The molecule has 2 heterocycles. The van der Waals surface area contributed by atoms with Gasteiger partial charge in [-0.3, -0.25) is 14.4 Å². The van der Waals surface area contributed by atoms with Crippen LogP contribution in [0.4, 0.5) is 14.5 Å². The van der Waals surface area contributed by atoms with E-state index in [1.807, 2.05) is 0 Å². The van der Waals surface area contributed by atoms with Crippen LogP contribution in [-0.4, -0.2) is 54.3 Å². The number of hydrogen-bond acceptors (Lipinski definition) is 5. The average molecular weight is 520 g/mol. The van der Waals surface area contributed by atoms with E-state index in [2.05, 4.69) is 10.5 Å². The quantitative estimate of drug-likeness (QED) is 0.518. The molecule has 0 saturated heterocycles. The molecule has 1 aliphatic rings. The van der Waals surface area contributed by atoms with Gasteiger partial charge in [0, 0.05) is 18.3 Å². The summed E-state index contributed by atoms with van der Waals surface area (Å²) >= 11 is 0. The minimum Gasteiger partial charge on any atom is -0.497 e. The summed E-state index contributed by atoms with van der Waals surface area (Å²) in [7, 11) is -0.157. The van der Waals surface area contributed by atoms with Gasteiger partial charge in [0.05, 0.1) is 18.4 Å². The first-order valence-electron chi connectivity index (χ1n) is 11.1. The monoisotopic (exact) mass is 519 g/mol. The fourth-order valence-corrected chi connectivity index (χ4v) is 5.66. The lowest BCUT2D eigenvalue weighted by Crippen LogP contribution is -2.46. The smallest absolute Gasteiger partial charge is 0.280 e. The highest BCUT2D eigenvalue weighted by atomic mass is 32.3. The van der Waals surface area contributed by atoms with Crippen molar-refractivity contribution in [2.24, 2.45) is 0 Å². The minimum atomic E-state index is -1.69. The second kappa shape index (κ2) is 9.81. The molecule has 0 unspecified atom stereocenters. The number of rotatable bonds is 6. The first-order valence-corrected chi connectivity index (χ1v) is 14.0. The van der Waals surface area contributed by atoms with Crippen molar-refractivity contribution in [3.8, 4) is 5.75 Å². The molecule has 0 spiro atoms. The van der Waals surface area contributed by atoms with Gasteiger partial charge in [-0.25, -0.2) is 18.8 Å². The molecular formula is C25H27F2N3O5S. The van der Waals surface area contributed by atoms with Crippen molar-refractivity contribution < 1.29 is 27.6 Å². The molecule has 0 aliphatic carbocycles. The number of H-pyrrole nitrogens is 1. The van der Waals surface area contributed by atoms with Crippen LogP contribution in [0.5, 0.6) is 5.75 Å². The molecule has 0 fully saturated rings. The summed E-state index contributed by atoms with van der Waals surface area (Å²) in [5.41, 5.74) is 0.857. The Kier molecular flexibility index (Phi) is 6.94. The molecule has 8 nitrogen and oxygen atoms in total. The van der Waals surface area contributed by atoms with Gasteiger partial charge in [0.15, 0.2) is 0 Å². The van der Waals surface area contributed by atoms with Crippen LogP contribution in [0, 0.1) is 11.6 Å². The molecular weight excluding hydrogens is 492 g/mol. The van der Waals surface area contributed by atoms with Crippen LogP contribution in [-0.2, 0) is 22.4 Å². The Bertz CT molecular complexity index is 1360. The number of aromatic nitrogens is 1. The molecule has 3 aromatic rings. The third-order valence-electron chi connectivity index (χ3n) is 5.93. The van der Waals surface area contributed by atoms with Crippen molar-refractivity contribution in [3.63, 3.8) is 0 Å². The number of carbonyl (C=O) groups excluding carboxylic acids is 2. The summed E-state index contributed by atoms with van der Waals surface area (Å²) in [5.74, 6) is -1.81. The number of ether oxygens (including phenoxy) is 1. The number of fused-ring (bicyclic) bond motifs is 1. The van der Waals surface area contributed by atoms with E-state index < -0.39 is 45.1 Å². The molecule has 2 N–H and O–H groups in total. The topological polar surface area (TPSA) is 105 Å². The van der Waals surface area contributed by atoms with E-state index in [1.165, 1.54) is 18.1 Å². The third kappa shape index (κ3) is 5.15. The molecule has 0 saturated carbocycles. The normalized spacial score (nSPS) is 15.8. The predicted molar refractivity (Wildman–Crippen MR) is 133 cm³/mol. The van der Waals surface area contributed by atoms with Gasteiger partial charge in [-0.15, -0.1) is 0 Å². The Morgan fingerprint density at radius 3 is 2.44 bits per heavy atom. The number of anilines is 1. The first-order chi connectivity index (χ1) is 17.0. The second-order valence-electron chi connectivity index (χ2n) is 9.26. The Labute approximate surface area is 207 Å². The van der Waals surface area contributed by atoms with Crippen LogP contribution in [0.15, 0.2) is 50.6 Å². The summed E-state index contributed by atoms with van der Waals surface area (Å²) in [6, 6.07) is 7.44. The van der Waals surface area contributed by atoms with Crippen LogP contribution in [0.3, 0.4) is 0 Å². The van der Waals surface area contributed by atoms with E-state index in [-0.39, 0.29) is 29.3 Å². The summed E-state index contributed by atoms with van der Waals surface area (Å²) < 4.78 is 39.8. The number of hydrogen-bond donors (Lipinski definition) is 2. The van der Waals surface area contributed by atoms with Gasteiger partial charge in [-0.05, 0) is 60.6 Å². The minimum absolute atomic E-state index is 0.000375. The number of amides is 2. The zero-order chi connectivity index (χ0) is 26.2. The number of nitrogens with zero attached hydrogens (tertiary/aromatic N) is 1. The molecule has 192 valence electrons. The molecule has 11 heteroatoms. The van der Waals surface area contributed by atoms with Gasteiger partial charge in [0.2, 0.25) is 5.91 Å². The average Bonchev–Trinajstić information content (AvgIpc) is 3.20. The van der Waals surface area contributed by atoms with Crippen molar-refractivity contribution in [1.29, 1.82) is 0 Å². The summed E-state index contributed by atoms with van der Waals surface area (Å²) in [5, 5.41) is 4.71. The molecule has 1 aliphatic heterocycles. The summed E-state index contributed by atoms with van der Waals surface area (Å²) in [6.45, 7) is 0.209. The zero-order valence-corrected chi connectivity index (χ0v) is 21.1. The molecule has 36 heavy (non-hydrogen) atoms. The van der Waals surface area contributed by atoms with E-state index in [4.69, 9.17) is 9.26 Å². The van der Waals surface area contributed by atoms with Crippen LogP contribution in [0.2, 0.25) is 0 Å². The molecule has 1 atom stereocenters. The molecule has 2 aromatic carbocycles. The van der Waals surface area contributed by atoms with Gasteiger partial charge < -0.3 is 19.5 Å². The SMILES string of the molecule is COc1ccc2c(c1)CCN(C(=O)Cc1cc(=O)[nH]o1)[C@H]2C(=O)Nc1cc(F)c(S(C)(C)C)c(F)c1. The molecule has 0 radical (unpaired) electrons. The number of benzene rings is 2. The highest BCUT2D eigenvalue weighted by Crippen LogP contribution is 2.48. The second-order valence-corrected chi connectivity index (χ2v) is 13.3. The molecule has 4 rings (SSSR count). The fraction of sp³-hybridized carbons (Fsp3) is 0.320. The molecule has 0 bridgehead atoms. The fourth-order valence-electron chi connectivity index (χ4n) is 4.37. The van der Waals surface area contributed by atoms with Gasteiger partial charge >= 0.3 is 0 Å². The van der Waals surface area contributed by atoms with Gasteiger partial charge in [0.1, 0.15) is 29.2 Å². The summed E-state index contributed by atoms with van der Waals surface area (Å²) in [6.07, 6.45) is 5.55. The zero-order valence-electron chi connectivity index (χ0n) is 20.3. The van der Waals surface area contributed by atoms with Crippen molar-refractivity contribution >= 4 is 27.5 Å². The van der Waals surface area contributed by atoms with Gasteiger partial charge in [-0.2, -0.15) is 5.16 Å². The summed E-state index contributed by atoms with van der Waals surface area (Å²) in [4.78, 5) is 39.4. The Balaban J connectivity index is 1.68. The largest absolute Gasteiger partial charge is 0.497 e. The first kappa shape index (κ1) is 25.5. The lowest BCUT2D eigenvalue weighted by molar-refractivity contribution is -0.139. The van der Waals surface area contributed by atoms with Crippen LogP contribution in [0.25, 0.3) is 0 Å². The maximum atomic E-state index is 14.8. The van der Waals surface area contributed by atoms with Crippen molar-refractivity contribution in [1.82, 2.24) is 10.1 Å². The van der Waals surface area contributed by atoms with Crippen molar-refractivity contribution in [3.05, 3.63) is 75.3 Å². The van der Waals surface area contributed by atoms with E-state index in [9.17, 15) is 23.2 Å². The predicted octanol–water partition coefficient (Wildman–Crippen LogP) is 3.61. The highest BCUT2D eigenvalue weighted by Gasteiger charge is 2.37. The van der Waals surface area contributed by atoms with E-state index in [0.717, 1.165) is 17.7 Å². The number of methoxy groups -OCH3 is 1. The lowest BCUT2D eigenvalue weighted by Gasteiger charge is -2.36. The lowest BCUT2D eigenvalue weighted by atomic mass is 9.91. The number of nitrogens with one attached hydrogen (secondary N) is 2. The number of carbonyl (C=O) groups is 2. The number of aromatic amines is 1. The van der Waals surface area contributed by atoms with E-state index in [1.54, 1.807) is 37.0 Å².